The van der Waals surface area contributed by atoms with E-state index in [-0.39, 0.29) is 5.75 Å². The normalized spacial score (nSPS) is 11.8. The van der Waals surface area contributed by atoms with Crippen molar-refractivity contribution in [1.29, 1.82) is 0 Å². The lowest BCUT2D eigenvalue weighted by Gasteiger charge is -2.15. The Bertz CT molecular complexity index is 1250. The lowest BCUT2D eigenvalue weighted by atomic mass is 9.94. The number of allylic oxidation sites excluding steroid dienone is 4. The Morgan fingerprint density at radius 3 is 2.21 bits per heavy atom. The van der Waals surface area contributed by atoms with Crippen molar-refractivity contribution in [2.45, 2.75) is 26.1 Å². The fourth-order valence-electron chi connectivity index (χ4n) is 3.56. The molecule has 0 unspecified atom stereocenters. The first-order valence-electron chi connectivity index (χ1n) is 11.0. The number of phenols is 1. The molecule has 4 heteroatoms. The quantitative estimate of drug-likeness (QED) is 0.279. The molecule has 0 amide bonds. The van der Waals surface area contributed by atoms with Gasteiger partial charge in [-0.3, -0.25) is 0 Å². The zero-order valence-corrected chi connectivity index (χ0v) is 19.3. The maximum Gasteiger partial charge on any atom is 0.123 e. The molecule has 1 aliphatic carbocycles. The van der Waals surface area contributed by atoms with E-state index in [2.05, 4.69) is 32.4 Å². The summed E-state index contributed by atoms with van der Waals surface area (Å²) >= 11 is 0. The molecule has 34 heavy (non-hydrogen) atoms. The van der Waals surface area contributed by atoms with E-state index in [1.165, 1.54) is 11.1 Å². The van der Waals surface area contributed by atoms with Crippen LogP contribution in [0, 0.1) is 0 Å². The van der Waals surface area contributed by atoms with Crippen LogP contribution < -0.4 is 0 Å². The number of aliphatic hydroxyl groups excluding tert-OH is 1. The fraction of sp³-hybridized carbons (Fsp3) is 0.133. The summed E-state index contributed by atoms with van der Waals surface area (Å²) in [4.78, 5) is 0. The summed E-state index contributed by atoms with van der Waals surface area (Å²) < 4.78 is 10.8. The first-order chi connectivity index (χ1) is 16.4. The Labute approximate surface area is 201 Å². The van der Waals surface area contributed by atoms with Gasteiger partial charge in [0.25, 0.3) is 0 Å². The highest BCUT2D eigenvalue weighted by Gasteiger charge is 2.10. The summed E-state index contributed by atoms with van der Waals surface area (Å²) in [6, 6.07) is 17.4. The van der Waals surface area contributed by atoms with Crippen LogP contribution in [-0.2, 0) is 35.5 Å². The van der Waals surface area contributed by atoms with E-state index in [1.54, 1.807) is 18.2 Å². The van der Waals surface area contributed by atoms with Gasteiger partial charge >= 0.3 is 0 Å². The highest BCUT2D eigenvalue weighted by Crippen LogP contribution is 2.28. The molecule has 0 atom stereocenters. The van der Waals surface area contributed by atoms with Gasteiger partial charge in [0, 0.05) is 11.8 Å². The third kappa shape index (κ3) is 6.42. The van der Waals surface area contributed by atoms with E-state index in [1.807, 2.05) is 48.5 Å². The molecule has 1 aliphatic rings. The molecule has 0 aromatic heterocycles. The highest BCUT2D eigenvalue weighted by atomic mass is 16.5. The molecule has 0 radical (unpaired) electrons. The van der Waals surface area contributed by atoms with Crippen LogP contribution >= 0.6 is 0 Å². The Kier molecular flexibility index (Phi) is 8.36. The predicted octanol–water partition coefficient (Wildman–Crippen LogP) is 7.21. The van der Waals surface area contributed by atoms with Crippen molar-refractivity contribution in [3.05, 3.63) is 139 Å². The zero-order valence-electron chi connectivity index (χ0n) is 19.3. The minimum Gasteiger partial charge on any atom is -0.512 e. The number of hydrogen-bond donors (Lipinski definition) is 2. The SMILES string of the molecule is C=CC(=C)OCc1ccc(O)c2ccccc12.C=CC(=C)OCc1ccc2c(c1)CC=C(O)C2. The number of hydrogen-bond acceptors (Lipinski definition) is 4. The van der Waals surface area contributed by atoms with E-state index < -0.39 is 0 Å². The molecule has 3 aromatic carbocycles. The van der Waals surface area contributed by atoms with Crippen LogP contribution in [0.4, 0.5) is 0 Å². The molecular formula is C30H30O4. The summed E-state index contributed by atoms with van der Waals surface area (Å²) in [5.74, 6) is 1.87. The molecule has 0 heterocycles. The van der Waals surface area contributed by atoms with Crippen LogP contribution in [0.2, 0.25) is 0 Å². The molecule has 0 aliphatic heterocycles. The average molecular weight is 455 g/mol. The first kappa shape index (κ1) is 24.5. The molecule has 0 saturated carbocycles. The van der Waals surface area contributed by atoms with Crippen LogP contribution in [0.1, 0.15) is 22.3 Å². The Morgan fingerprint density at radius 1 is 0.824 bits per heavy atom. The standard InChI is InChI=1S/C15H16O2.C15H14O2/c1-3-11(2)17-10-12-4-5-14-9-15(16)7-6-13(14)8-12;1-3-11(2)17-10-12-8-9-15(16)14-7-5-4-6-13(12)14/h3-5,7-8,16H,1-2,6,9-10H2;3-9,16H,1-2,10H2. The van der Waals surface area contributed by atoms with E-state index >= 15 is 0 Å². The van der Waals surface area contributed by atoms with Crippen molar-refractivity contribution in [2.24, 2.45) is 0 Å². The summed E-state index contributed by atoms with van der Waals surface area (Å²) in [5, 5.41) is 21.0. The molecule has 0 bridgehead atoms. The minimum atomic E-state index is 0.284. The second-order valence-electron chi connectivity index (χ2n) is 7.89. The van der Waals surface area contributed by atoms with Crippen molar-refractivity contribution in [3.8, 4) is 5.75 Å². The molecule has 0 saturated heterocycles. The Balaban J connectivity index is 0.000000191. The van der Waals surface area contributed by atoms with Gasteiger partial charge in [-0.05, 0) is 58.4 Å². The van der Waals surface area contributed by atoms with Gasteiger partial charge in [-0.1, -0.05) is 74.8 Å². The van der Waals surface area contributed by atoms with Gasteiger partial charge in [-0.2, -0.15) is 0 Å². The minimum absolute atomic E-state index is 0.284. The van der Waals surface area contributed by atoms with Gasteiger partial charge < -0.3 is 19.7 Å². The monoisotopic (exact) mass is 454 g/mol. The summed E-state index contributed by atoms with van der Waals surface area (Å²) in [5.41, 5.74) is 4.58. The third-order valence-corrected chi connectivity index (χ3v) is 5.48. The van der Waals surface area contributed by atoms with Crippen LogP contribution in [0.5, 0.6) is 5.75 Å². The van der Waals surface area contributed by atoms with Gasteiger partial charge in [0.15, 0.2) is 0 Å². The number of phenolic OH excluding ortho intramolecular Hbond substituents is 1. The second kappa shape index (κ2) is 11.6. The van der Waals surface area contributed by atoms with Crippen molar-refractivity contribution in [2.75, 3.05) is 0 Å². The molecule has 2 N–H and O–H groups in total. The maximum atomic E-state index is 9.74. The van der Waals surface area contributed by atoms with Gasteiger partial charge in [0.1, 0.15) is 30.5 Å². The van der Waals surface area contributed by atoms with E-state index in [0.717, 1.165) is 28.3 Å². The van der Waals surface area contributed by atoms with Crippen LogP contribution in [0.15, 0.2) is 116 Å². The number of aliphatic hydroxyl groups is 1. The van der Waals surface area contributed by atoms with Crippen LogP contribution in [0.3, 0.4) is 0 Å². The molecule has 4 nitrogen and oxygen atoms in total. The average Bonchev–Trinajstić information content (AvgIpc) is 2.87. The third-order valence-electron chi connectivity index (χ3n) is 5.48. The number of ether oxygens (including phenoxy) is 2. The Hall–Kier alpha value is -4.18. The predicted molar refractivity (Wildman–Crippen MR) is 138 cm³/mol. The van der Waals surface area contributed by atoms with Crippen LogP contribution in [-0.4, -0.2) is 10.2 Å². The lowest BCUT2D eigenvalue weighted by molar-refractivity contribution is 0.212. The molecule has 0 fully saturated rings. The molecular weight excluding hydrogens is 424 g/mol. The smallest absolute Gasteiger partial charge is 0.123 e. The second-order valence-corrected chi connectivity index (χ2v) is 7.89. The number of benzene rings is 3. The molecule has 0 spiro atoms. The van der Waals surface area contributed by atoms with Crippen molar-refractivity contribution >= 4 is 10.8 Å². The van der Waals surface area contributed by atoms with Crippen molar-refractivity contribution in [3.63, 3.8) is 0 Å². The molecule has 4 rings (SSSR count). The van der Waals surface area contributed by atoms with Gasteiger partial charge in [-0.15, -0.1) is 0 Å². The summed E-state index contributed by atoms with van der Waals surface area (Å²) in [7, 11) is 0. The van der Waals surface area contributed by atoms with Gasteiger partial charge in [0.05, 0.1) is 5.76 Å². The zero-order chi connectivity index (χ0) is 24.5. The highest BCUT2D eigenvalue weighted by molar-refractivity contribution is 5.90. The van der Waals surface area contributed by atoms with E-state index in [0.29, 0.717) is 36.9 Å². The number of rotatable bonds is 8. The Morgan fingerprint density at radius 2 is 1.50 bits per heavy atom. The van der Waals surface area contributed by atoms with E-state index in [4.69, 9.17) is 9.47 Å². The van der Waals surface area contributed by atoms with Gasteiger partial charge in [-0.25, -0.2) is 0 Å². The van der Waals surface area contributed by atoms with Gasteiger partial charge in [0.2, 0.25) is 0 Å². The maximum absolute atomic E-state index is 9.74. The van der Waals surface area contributed by atoms with E-state index in [9.17, 15) is 10.2 Å². The summed E-state index contributed by atoms with van der Waals surface area (Å²) in [6.45, 7) is 15.5. The van der Waals surface area contributed by atoms with Crippen molar-refractivity contribution in [1.82, 2.24) is 0 Å². The molecule has 174 valence electrons. The van der Waals surface area contributed by atoms with Crippen LogP contribution in [0.25, 0.3) is 10.8 Å². The number of fused-ring (bicyclic) bond motifs is 2. The first-order valence-corrected chi connectivity index (χ1v) is 11.0. The fourth-order valence-corrected chi connectivity index (χ4v) is 3.56. The number of aromatic hydroxyl groups is 1. The topological polar surface area (TPSA) is 58.9 Å². The largest absolute Gasteiger partial charge is 0.512 e. The lowest BCUT2D eigenvalue weighted by Crippen LogP contribution is -2.04. The van der Waals surface area contributed by atoms with Crippen molar-refractivity contribution < 1.29 is 19.7 Å². The molecule has 3 aromatic rings. The summed E-state index contributed by atoms with van der Waals surface area (Å²) in [6.07, 6.45) is 6.45.